The molecule has 1 aromatic heterocycles. The maximum absolute atomic E-state index is 12.3. The number of aromatic amines is 1. The minimum Gasteiger partial charge on any atom is -0.365 e. The third-order valence-corrected chi connectivity index (χ3v) is 4.11. The van der Waals surface area contributed by atoms with Gasteiger partial charge in [0.2, 0.25) is 0 Å². The Bertz CT molecular complexity index is 720. The second-order valence-corrected chi connectivity index (χ2v) is 7.23. The number of nitrogens with one attached hydrogen (secondary N) is 2. The summed E-state index contributed by atoms with van der Waals surface area (Å²) < 4.78 is 23.2. The Morgan fingerprint density at radius 2 is 1.90 bits per heavy atom. The Morgan fingerprint density at radius 3 is 2.43 bits per heavy atom. The molecule has 2 rings (SSSR count). The summed E-state index contributed by atoms with van der Waals surface area (Å²) in [6.45, 7) is 1.79. The number of carbonyl (C=O) groups is 1. The third-order valence-electron chi connectivity index (χ3n) is 3.18. The van der Waals surface area contributed by atoms with Crippen LogP contribution >= 0.6 is 0 Å². The van der Waals surface area contributed by atoms with Crippen LogP contribution in [0, 0.1) is 6.92 Å². The molecule has 112 valence electrons. The van der Waals surface area contributed by atoms with Crippen LogP contribution in [0.2, 0.25) is 0 Å². The van der Waals surface area contributed by atoms with Crippen LogP contribution in [0.15, 0.2) is 42.6 Å². The van der Waals surface area contributed by atoms with E-state index in [1.807, 2.05) is 18.2 Å². The first-order chi connectivity index (χ1) is 9.87. The summed E-state index contributed by atoms with van der Waals surface area (Å²) in [5.74, 6) is -0.419. The van der Waals surface area contributed by atoms with E-state index in [2.05, 4.69) is 10.3 Å². The van der Waals surface area contributed by atoms with Crippen LogP contribution in [0.25, 0.3) is 0 Å². The van der Waals surface area contributed by atoms with Gasteiger partial charge in [0.1, 0.15) is 9.84 Å². The van der Waals surface area contributed by atoms with Crippen LogP contribution in [-0.2, 0) is 9.84 Å². The van der Waals surface area contributed by atoms with Gasteiger partial charge in [-0.1, -0.05) is 30.3 Å². The lowest BCUT2D eigenvalue weighted by atomic mass is 10.1. The average Bonchev–Trinajstić information content (AvgIpc) is 2.84. The molecule has 0 saturated heterocycles. The van der Waals surface area contributed by atoms with Crippen LogP contribution in [0.3, 0.4) is 0 Å². The Morgan fingerprint density at radius 1 is 1.24 bits per heavy atom. The van der Waals surface area contributed by atoms with Crippen molar-refractivity contribution in [2.45, 2.75) is 13.0 Å². The fraction of sp³-hybridized carbons (Fsp3) is 0.267. The molecule has 0 fully saturated rings. The summed E-state index contributed by atoms with van der Waals surface area (Å²) >= 11 is 0. The van der Waals surface area contributed by atoms with Crippen LogP contribution in [-0.4, -0.2) is 31.3 Å². The first-order valence-corrected chi connectivity index (χ1v) is 8.60. The van der Waals surface area contributed by atoms with Crippen molar-refractivity contribution in [1.82, 2.24) is 10.3 Å². The van der Waals surface area contributed by atoms with Gasteiger partial charge in [-0.3, -0.25) is 4.79 Å². The third kappa shape index (κ3) is 4.19. The van der Waals surface area contributed by atoms with Gasteiger partial charge in [-0.05, 0) is 18.6 Å². The maximum Gasteiger partial charge on any atom is 0.253 e. The van der Waals surface area contributed by atoms with E-state index in [1.165, 1.54) is 0 Å². The maximum atomic E-state index is 12.3. The number of aryl methyl sites for hydroxylation is 1. The second-order valence-electron chi connectivity index (χ2n) is 5.05. The predicted molar refractivity (Wildman–Crippen MR) is 81.9 cm³/mol. The largest absolute Gasteiger partial charge is 0.365 e. The number of carbonyl (C=O) groups excluding carboxylic acids is 1. The van der Waals surface area contributed by atoms with Gasteiger partial charge in [-0.15, -0.1) is 0 Å². The molecule has 1 amide bonds. The summed E-state index contributed by atoms with van der Waals surface area (Å²) in [7, 11) is -3.22. The summed E-state index contributed by atoms with van der Waals surface area (Å²) in [6, 6.07) is 10.2. The molecular formula is C15H18N2O3S. The fourth-order valence-corrected chi connectivity index (χ4v) is 3.03. The number of rotatable bonds is 5. The Kier molecular flexibility index (Phi) is 4.47. The molecule has 1 unspecified atom stereocenters. The van der Waals surface area contributed by atoms with Crippen LogP contribution in [0.4, 0.5) is 0 Å². The summed E-state index contributed by atoms with van der Waals surface area (Å²) in [5, 5.41) is 2.79. The van der Waals surface area contributed by atoms with Gasteiger partial charge in [0.25, 0.3) is 5.91 Å². The lowest BCUT2D eigenvalue weighted by molar-refractivity contribution is 0.0940. The molecule has 0 aliphatic carbocycles. The molecule has 0 spiro atoms. The van der Waals surface area contributed by atoms with Crippen molar-refractivity contribution < 1.29 is 13.2 Å². The standard InChI is InChI=1S/C15H18N2O3S/c1-11-13(8-9-16-11)15(18)17-14(10-21(2,19)20)12-6-4-3-5-7-12/h3-9,14,16H,10H2,1-2H3,(H,17,18). The van der Waals surface area contributed by atoms with E-state index in [4.69, 9.17) is 0 Å². The van der Waals surface area contributed by atoms with Gasteiger partial charge in [0, 0.05) is 18.1 Å². The first kappa shape index (κ1) is 15.3. The number of hydrogen-bond acceptors (Lipinski definition) is 3. The summed E-state index contributed by atoms with van der Waals surface area (Å²) in [5.41, 5.74) is 2.03. The molecule has 6 heteroatoms. The summed E-state index contributed by atoms with van der Waals surface area (Å²) in [6.07, 6.45) is 2.84. The smallest absolute Gasteiger partial charge is 0.253 e. The Balaban J connectivity index is 2.25. The van der Waals surface area contributed by atoms with Crippen molar-refractivity contribution in [3.8, 4) is 0 Å². The van der Waals surface area contributed by atoms with E-state index in [1.54, 1.807) is 31.3 Å². The molecule has 2 aromatic rings. The highest BCUT2D eigenvalue weighted by molar-refractivity contribution is 7.90. The zero-order chi connectivity index (χ0) is 15.5. The molecule has 1 heterocycles. The van der Waals surface area contributed by atoms with Crippen LogP contribution < -0.4 is 5.32 Å². The SMILES string of the molecule is Cc1[nH]ccc1C(=O)NC(CS(C)(=O)=O)c1ccccc1. The highest BCUT2D eigenvalue weighted by Crippen LogP contribution is 2.16. The number of amides is 1. The van der Waals surface area contributed by atoms with E-state index in [-0.39, 0.29) is 11.7 Å². The zero-order valence-corrected chi connectivity index (χ0v) is 12.8. The molecule has 0 bridgehead atoms. The van der Waals surface area contributed by atoms with Gasteiger partial charge >= 0.3 is 0 Å². The fourth-order valence-electron chi connectivity index (χ4n) is 2.14. The minimum absolute atomic E-state index is 0.133. The molecule has 1 atom stereocenters. The van der Waals surface area contributed by atoms with Gasteiger partial charge in [-0.25, -0.2) is 8.42 Å². The normalized spacial score (nSPS) is 12.9. The van der Waals surface area contributed by atoms with Crippen molar-refractivity contribution in [3.05, 3.63) is 59.4 Å². The second kappa shape index (κ2) is 6.13. The first-order valence-electron chi connectivity index (χ1n) is 6.54. The molecule has 0 radical (unpaired) electrons. The lowest BCUT2D eigenvalue weighted by Crippen LogP contribution is -2.33. The lowest BCUT2D eigenvalue weighted by Gasteiger charge is -2.18. The number of H-pyrrole nitrogens is 1. The predicted octanol–water partition coefficient (Wildman–Crippen LogP) is 1.84. The molecule has 0 aliphatic heterocycles. The van der Waals surface area contributed by atoms with Gasteiger partial charge in [0.05, 0.1) is 17.4 Å². The Labute approximate surface area is 124 Å². The van der Waals surface area contributed by atoms with Gasteiger partial charge < -0.3 is 10.3 Å². The highest BCUT2D eigenvalue weighted by atomic mass is 32.2. The van der Waals surface area contributed by atoms with Gasteiger partial charge in [-0.2, -0.15) is 0 Å². The molecular weight excluding hydrogens is 288 g/mol. The van der Waals surface area contributed by atoms with Crippen molar-refractivity contribution in [1.29, 1.82) is 0 Å². The Hall–Kier alpha value is -2.08. The quantitative estimate of drug-likeness (QED) is 0.884. The average molecular weight is 306 g/mol. The van der Waals surface area contributed by atoms with Crippen molar-refractivity contribution in [3.63, 3.8) is 0 Å². The van der Waals surface area contributed by atoms with E-state index in [0.29, 0.717) is 5.56 Å². The van der Waals surface area contributed by atoms with Crippen molar-refractivity contribution in [2.75, 3.05) is 12.0 Å². The number of sulfone groups is 1. The van der Waals surface area contributed by atoms with E-state index in [9.17, 15) is 13.2 Å². The zero-order valence-electron chi connectivity index (χ0n) is 12.0. The molecule has 5 nitrogen and oxygen atoms in total. The summed E-state index contributed by atoms with van der Waals surface area (Å²) in [4.78, 5) is 15.2. The topological polar surface area (TPSA) is 79.0 Å². The molecule has 0 aliphatic rings. The van der Waals surface area contributed by atoms with E-state index < -0.39 is 15.9 Å². The molecule has 21 heavy (non-hydrogen) atoms. The molecule has 1 aromatic carbocycles. The number of aromatic nitrogens is 1. The van der Waals surface area contributed by atoms with Crippen molar-refractivity contribution >= 4 is 15.7 Å². The highest BCUT2D eigenvalue weighted by Gasteiger charge is 2.21. The van der Waals surface area contributed by atoms with Gasteiger partial charge in [0.15, 0.2) is 0 Å². The van der Waals surface area contributed by atoms with Crippen LogP contribution in [0.1, 0.15) is 27.7 Å². The minimum atomic E-state index is -3.22. The van der Waals surface area contributed by atoms with E-state index >= 15 is 0 Å². The van der Waals surface area contributed by atoms with Crippen molar-refractivity contribution in [2.24, 2.45) is 0 Å². The molecule has 2 N–H and O–H groups in total. The number of hydrogen-bond donors (Lipinski definition) is 2. The number of benzene rings is 1. The molecule has 0 saturated carbocycles. The van der Waals surface area contributed by atoms with E-state index in [0.717, 1.165) is 17.5 Å². The van der Waals surface area contributed by atoms with Crippen LogP contribution in [0.5, 0.6) is 0 Å². The monoisotopic (exact) mass is 306 g/mol.